The molecule has 3 rings (SSSR count). The maximum absolute atomic E-state index is 13.4. The Morgan fingerprint density at radius 3 is 2.36 bits per heavy atom. The second-order valence-electron chi connectivity index (χ2n) is 9.32. The number of ether oxygens (including phenoxy) is 1. The zero-order chi connectivity index (χ0) is 26.1. The lowest BCUT2D eigenvalue weighted by molar-refractivity contribution is -0.137. The Balaban J connectivity index is 1.73. The fraction of sp³-hybridized carbons (Fsp3) is 0.379. The lowest BCUT2D eigenvalue weighted by Crippen LogP contribution is -2.33. The molecule has 0 aliphatic rings. The smallest absolute Gasteiger partial charge is 0.417 e. The van der Waals surface area contributed by atoms with Crippen LogP contribution in [0.25, 0.3) is 0 Å². The number of aliphatic hydroxyl groups excluding tert-OH is 1. The number of halogens is 4. The van der Waals surface area contributed by atoms with Crippen LogP contribution in [0.1, 0.15) is 42.0 Å². The zero-order valence-electron chi connectivity index (χ0n) is 20.6. The van der Waals surface area contributed by atoms with Crippen molar-refractivity contribution in [3.05, 3.63) is 100 Å². The number of rotatable bonds is 12. The molecule has 2 unspecified atom stereocenters. The second kappa shape index (κ2) is 13.1. The van der Waals surface area contributed by atoms with E-state index in [1.165, 1.54) is 11.6 Å². The van der Waals surface area contributed by atoms with Gasteiger partial charge in [0.05, 0.1) is 17.2 Å². The number of benzene rings is 3. The molecule has 0 bridgehead atoms. The molecule has 0 aliphatic heterocycles. The second-order valence-corrected chi connectivity index (χ2v) is 9.70. The predicted molar refractivity (Wildman–Crippen MR) is 138 cm³/mol. The quantitative estimate of drug-likeness (QED) is 0.274. The molecule has 0 spiro atoms. The fourth-order valence-electron chi connectivity index (χ4n) is 4.29. The van der Waals surface area contributed by atoms with E-state index in [9.17, 15) is 13.2 Å². The van der Waals surface area contributed by atoms with E-state index in [1.807, 2.05) is 42.5 Å². The van der Waals surface area contributed by atoms with Gasteiger partial charge in [-0.1, -0.05) is 80.0 Å². The van der Waals surface area contributed by atoms with Gasteiger partial charge in [0, 0.05) is 32.2 Å². The van der Waals surface area contributed by atoms with E-state index in [2.05, 4.69) is 30.9 Å². The van der Waals surface area contributed by atoms with Crippen LogP contribution in [-0.2, 0) is 19.1 Å². The molecule has 0 aromatic heterocycles. The predicted octanol–water partition coefficient (Wildman–Crippen LogP) is 7.21. The van der Waals surface area contributed by atoms with E-state index in [0.29, 0.717) is 38.2 Å². The van der Waals surface area contributed by atoms with Crippen molar-refractivity contribution in [2.45, 2.75) is 38.9 Å². The zero-order valence-corrected chi connectivity index (χ0v) is 21.4. The first-order chi connectivity index (χ1) is 17.2. The van der Waals surface area contributed by atoms with Crippen molar-refractivity contribution in [3.8, 4) is 5.75 Å². The molecule has 0 saturated carbocycles. The summed E-state index contributed by atoms with van der Waals surface area (Å²) in [4.78, 5) is 2.15. The summed E-state index contributed by atoms with van der Waals surface area (Å²) in [6, 6.07) is 21.8. The van der Waals surface area contributed by atoms with Crippen molar-refractivity contribution in [1.29, 1.82) is 0 Å². The summed E-state index contributed by atoms with van der Waals surface area (Å²) in [6.45, 7) is 6.29. The van der Waals surface area contributed by atoms with Crippen LogP contribution in [-0.4, -0.2) is 36.3 Å². The lowest BCUT2D eigenvalue weighted by Gasteiger charge is -2.29. The van der Waals surface area contributed by atoms with E-state index in [1.54, 1.807) is 6.07 Å². The minimum Gasteiger partial charge on any atom is -0.493 e. The number of nitrogens with zero attached hydrogens (tertiary/aromatic N) is 1. The minimum atomic E-state index is -4.50. The average Bonchev–Trinajstić information content (AvgIpc) is 2.84. The molecule has 2 atom stereocenters. The van der Waals surface area contributed by atoms with Crippen molar-refractivity contribution in [3.63, 3.8) is 0 Å². The van der Waals surface area contributed by atoms with Crippen LogP contribution in [0.5, 0.6) is 5.75 Å². The highest BCUT2D eigenvalue weighted by Crippen LogP contribution is 2.36. The van der Waals surface area contributed by atoms with Gasteiger partial charge in [-0.2, -0.15) is 13.2 Å². The lowest BCUT2D eigenvalue weighted by atomic mass is 9.99. The summed E-state index contributed by atoms with van der Waals surface area (Å²) in [5.41, 5.74) is 1.82. The summed E-state index contributed by atoms with van der Waals surface area (Å²) >= 11 is 6.22. The van der Waals surface area contributed by atoms with Crippen molar-refractivity contribution >= 4 is 11.6 Å². The van der Waals surface area contributed by atoms with Crippen LogP contribution in [0.3, 0.4) is 0 Å². The largest absolute Gasteiger partial charge is 0.493 e. The van der Waals surface area contributed by atoms with Gasteiger partial charge in [0.15, 0.2) is 0 Å². The topological polar surface area (TPSA) is 32.7 Å². The maximum Gasteiger partial charge on any atom is 0.417 e. The van der Waals surface area contributed by atoms with Crippen LogP contribution in [0.2, 0.25) is 5.02 Å². The summed E-state index contributed by atoms with van der Waals surface area (Å²) in [6.07, 6.45) is -3.93. The van der Waals surface area contributed by atoms with Crippen LogP contribution < -0.4 is 4.74 Å². The number of hydrogen-bond acceptors (Lipinski definition) is 3. The van der Waals surface area contributed by atoms with Crippen molar-refractivity contribution in [2.75, 3.05) is 26.3 Å². The fourth-order valence-corrected chi connectivity index (χ4v) is 4.58. The molecular weight excluding hydrogens is 487 g/mol. The Hall–Kier alpha value is -2.54. The third-order valence-corrected chi connectivity index (χ3v) is 6.53. The van der Waals surface area contributed by atoms with E-state index >= 15 is 0 Å². The molecule has 0 heterocycles. The molecule has 3 aromatic rings. The number of alkyl halides is 3. The summed E-state index contributed by atoms with van der Waals surface area (Å²) in [7, 11) is 0. The summed E-state index contributed by atoms with van der Waals surface area (Å²) in [5.74, 6) is 1.02. The first-order valence-electron chi connectivity index (χ1n) is 12.1. The highest BCUT2D eigenvalue weighted by Gasteiger charge is 2.34. The maximum atomic E-state index is 13.4. The van der Waals surface area contributed by atoms with Crippen molar-refractivity contribution in [2.24, 2.45) is 5.92 Å². The summed E-state index contributed by atoms with van der Waals surface area (Å²) in [5, 5.41) is 8.92. The number of aliphatic hydroxyl groups is 1. The molecule has 0 aliphatic carbocycles. The molecule has 194 valence electrons. The van der Waals surface area contributed by atoms with Gasteiger partial charge in [-0.05, 0) is 47.2 Å². The van der Waals surface area contributed by atoms with E-state index in [4.69, 9.17) is 21.4 Å². The van der Waals surface area contributed by atoms with Gasteiger partial charge >= 0.3 is 6.18 Å². The molecule has 0 fully saturated rings. The van der Waals surface area contributed by atoms with Crippen molar-refractivity contribution in [1.82, 2.24) is 4.90 Å². The Labute approximate surface area is 216 Å². The monoisotopic (exact) mass is 519 g/mol. The average molecular weight is 520 g/mol. The van der Waals surface area contributed by atoms with Gasteiger partial charge in [0.2, 0.25) is 0 Å². The van der Waals surface area contributed by atoms with Gasteiger partial charge in [0.1, 0.15) is 5.75 Å². The molecular formula is C29H33ClF3NO2. The highest BCUT2D eigenvalue weighted by atomic mass is 35.5. The van der Waals surface area contributed by atoms with Gasteiger partial charge in [0.25, 0.3) is 0 Å². The Bertz CT molecular complexity index is 1090. The third kappa shape index (κ3) is 8.26. The molecule has 7 heteroatoms. The molecule has 0 amide bonds. The summed E-state index contributed by atoms with van der Waals surface area (Å²) < 4.78 is 46.3. The Kier molecular flexibility index (Phi) is 10.2. The third-order valence-electron chi connectivity index (χ3n) is 6.08. The minimum absolute atomic E-state index is 0.0759. The van der Waals surface area contributed by atoms with E-state index in [-0.39, 0.29) is 23.5 Å². The highest BCUT2D eigenvalue weighted by molar-refractivity contribution is 6.32. The molecule has 0 saturated heterocycles. The molecule has 0 radical (unpaired) electrons. The molecule has 3 nitrogen and oxygen atoms in total. The Morgan fingerprint density at radius 1 is 0.944 bits per heavy atom. The first-order valence-corrected chi connectivity index (χ1v) is 12.5. The standard InChI is InChI=1S/C29H33ClF3NO2/c1-21(20-36-26-12-6-8-23(16-26)14-15-35)17-34(18-22(2)24-9-4-3-5-10-24)19-25-11-7-13-27(28(25)30)29(31,32)33/h3-13,16,21-22,35H,14-15,17-20H2,1-2H3. The van der Waals surface area contributed by atoms with Crippen LogP contribution in [0, 0.1) is 5.92 Å². The van der Waals surface area contributed by atoms with E-state index < -0.39 is 11.7 Å². The van der Waals surface area contributed by atoms with E-state index in [0.717, 1.165) is 17.4 Å². The Morgan fingerprint density at radius 2 is 1.67 bits per heavy atom. The number of hydrogen-bond donors (Lipinski definition) is 1. The normalized spacial score (nSPS) is 13.6. The molecule has 36 heavy (non-hydrogen) atoms. The SMILES string of the molecule is CC(COc1cccc(CCO)c1)CN(Cc1cccc(C(F)(F)F)c1Cl)CC(C)c1ccccc1. The van der Waals surface area contributed by atoms with Crippen LogP contribution in [0.4, 0.5) is 13.2 Å². The van der Waals surface area contributed by atoms with Crippen LogP contribution >= 0.6 is 11.6 Å². The van der Waals surface area contributed by atoms with Gasteiger partial charge < -0.3 is 9.84 Å². The first kappa shape index (κ1) is 28.0. The molecule has 3 aromatic carbocycles. The van der Waals surface area contributed by atoms with Crippen molar-refractivity contribution < 1.29 is 23.0 Å². The molecule has 1 N–H and O–H groups in total. The van der Waals surface area contributed by atoms with Gasteiger partial charge in [-0.15, -0.1) is 0 Å². The van der Waals surface area contributed by atoms with Gasteiger partial charge in [-0.3, -0.25) is 4.90 Å². The van der Waals surface area contributed by atoms with Gasteiger partial charge in [-0.25, -0.2) is 0 Å². The van der Waals surface area contributed by atoms with Crippen LogP contribution in [0.15, 0.2) is 72.8 Å².